The van der Waals surface area contributed by atoms with Gasteiger partial charge < -0.3 is 9.15 Å². The number of carbonyl (C=O) groups is 1. The molecule has 0 N–H and O–H groups in total. The first kappa shape index (κ1) is 10.6. The fourth-order valence-electron chi connectivity index (χ4n) is 0.859. The molecule has 0 aliphatic heterocycles. The van der Waals surface area contributed by atoms with Crippen LogP contribution in [0.5, 0.6) is 5.95 Å². The van der Waals surface area contributed by atoms with Gasteiger partial charge in [0.1, 0.15) is 5.56 Å². The van der Waals surface area contributed by atoms with Crippen molar-refractivity contribution in [2.75, 3.05) is 6.61 Å². The predicted molar refractivity (Wildman–Crippen MR) is 40.3 cm³/mol. The van der Waals surface area contributed by atoms with Crippen molar-refractivity contribution < 1.29 is 27.1 Å². The summed E-state index contributed by atoms with van der Waals surface area (Å²) in [4.78, 5) is 10.8. The van der Waals surface area contributed by atoms with Crippen LogP contribution in [0, 0.1) is 0 Å². The van der Waals surface area contributed by atoms with Crippen molar-refractivity contribution in [3.63, 3.8) is 0 Å². The lowest BCUT2D eigenvalue weighted by molar-refractivity contribution is -0.0887. The summed E-state index contributed by atoms with van der Waals surface area (Å²) < 4.78 is 45.2. The number of Topliss-reactive ketones (excluding diaryl/α,β-unsaturated/α-hetero) is 1. The molecule has 0 atom stereocenters. The molecule has 0 aliphatic carbocycles. The molecule has 78 valence electrons. The highest BCUT2D eigenvalue weighted by molar-refractivity contribution is 6.01. The first-order chi connectivity index (χ1) is 6.46. The number of halogens is 3. The third kappa shape index (κ3) is 2.07. The van der Waals surface area contributed by atoms with E-state index in [-0.39, 0.29) is 6.61 Å². The van der Waals surface area contributed by atoms with Gasteiger partial charge in [0, 0.05) is 0 Å². The van der Waals surface area contributed by atoms with Gasteiger partial charge >= 0.3 is 6.18 Å². The van der Waals surface area contributed by atoms with E-state index in [9.17, 15) is 18.0 Å². The third-order valence-corrected chi connectivity index (χ3v) is 1.41. The smallest absolute Gasteiger partial charge is 0.455 e. The maximum Gasteiger partial charge on any atom is 0.455 e. The summed E-state index contributed by atoms with van der Waals surface area (Å²) in [6, 6.07) is 0.931. The fraction of sp³-hybridized carbons (Fsp3) is 0.375. The average molecular weight is 208 g/mol. The van der Waals surface area contributed by atoms with E-state index < -0.39 is 23.5 Å². The third-order valence-electron chi connectivity index (χ3n) is 1.41. The van der Waals surface area contributed by atoms with Gasteiger partial charge in [-0.15, -0.1) is 0 Å². The van der Waals surface area contributed by atoms with Crippen LogP contribution in [0.2, 0.25) is 0 Å². The number of furan rings is 1. The predicted octanol–water partition coefficient (Wildman–Crippen LogP) is 2.42. The van der Waals surface area contributed by atoms with Crippen molar-refractivity contribution in [1.82, 2.24) is 0 Å². The molecule has 0 radical (unpaired) electrons. The van der Waals surface area contributed by atoms with Gasteiger partial charge in [-0.1, -0.05) is 0 Å². The zero-order chi connectivity index (χ0) is 10.8. The van der Waals surface area contributed by atoms with Gasteiger partial charge in [0.25, 0.3) is 11.7 Å². The van der Waals surface area contributed by atoms with Gasteiger partial charge in [0.05, 0.1) is 12.9 Å². The molecule has 0 aliphatic rings. The van der Waals surface area contributed by atoms with E-state index in [1.54, 1.807) is 6.92 Å². The Morgan fingerprint density at radius 3 is 2.71 bits per heavy atom. The van der Waals surface area contributed by atoms with Gasteiger partial charge in [-0.25, -0.2) is 0 Å². The molecule has 1 rings (SSSR count). The van der Waals surface area contributed by atoms with Crippen molar-refractivity contribution in [2.24, 2.45) is 0 Å². The lowest BCUT2D eigenvalue weighted by Crippen LogP contribution is -2.22. The summed E-state index contributed by atoms with van der Waals surface area (Å²) in [6.07, 6.45) is -3.93. The number of ether oxygens (including phenoxy) is 1. The molecule has 14 heavy (non-hydrogen) atoms. The summed E-state index contributed by atoms with van der Waals surface area (Å²) in [5.41, 5.74) is -0.598. The summed E-state index contributed by atoms with van der Waals surface area (Å²) >= 11 is 0. The van der Waals surface area contributed by atoms with E-state index in [4.69, 9.17) is 4.74 Å². The molecule has 0 aromatic carbocycles. The van der Waals surface area contributed by atoms with Gasteiger partial charge in [-0.05, 0) is 13.0 Å². The summed E-state index contributed by atoms with van der Waals surface area (Å²) in [5.74, 6) is -2.36. The standard InChI is InChI=1S/C8H7F3O3/c1-2-13-7-5(3-4-14-7)6(12)8(9,10)11/h3-4H,2H2,1H3. The Labute approximate surface area is 77.5 Å². The van der Waals surface area contributed by atoms with Crippen LogP contribution in [0.3, 0.4) is 0 Å². The van der Waals surface area contributed by atoms with E-state index in [1.165, 1.54) is 0 Å². The van der Waals surface area contributed by atoms with Crippen molar-refractivity contribution in [1.29, 1.82) is 0 Å². The molecular weight excluding hydrogens is 201 g/mol. The number of carbonyl (C=O) groups excluding carboxylic acids is 1. The molecule has 1 aromatic rings. The van der Waals surface area contributed by atoms with Gasteiger partial charge in [-0.3, -0.25) is 4.79 Å². The Morgan fingerprint density at radius 1 is 1.57 bits per heavy atom. The maximum atomic E-state index is 12.0. The molecule has 0 saturated carbocycles. The minimum Gasteiger partial charge on any atom is -0.465 e. The van der Waals surface area contributed by atoms with Crippen LogP contribution in [0.25, 0.3) is 0 Å². The highest BCUT2D eigenvalue weighted by atomic mass is 19.4. The highest BCUT2D eigenvalue weighted by Gasteiger charge is 2.41. The SMILES string of the molecule is CCOc1occc1C(=O)C(F)(F)F. The van der Waals surface area contributed by atoms with Crippen LogP contribution in [0.1, 0.15) is 17.3 Å². The molecule has 0 unspecified atom stereocenters. The van der Waals surface area contributed by atoms with E-state index in [0.29, 0.717) is 0 Å². The fourth-order valence-corrected chi connectivity index (χ4v) is 0.859. The lowest BCUT2D eigenvalue weighted by atomic mass is 10.2. The zero-order valence-electron chi connectivity index (χ0n) is 7.22. The van der Waals surface area contributed by atoms with E-state index in [0.717, 1.165) is 12.3 Å². The minimum atomic E-state index is -4.91. The van der Waals surface area contributed by atoms with Gasteiger partial charge in [0.2, 0.25) is 0 Å². The van der Waals surface area contributed by atoms with E-state index in [2.05, 4.69) is 4.42 Å². The number of rotatable bonds is 3. The molecule has 3 nitrogen and oxygen atoms in total. The van der Waals surface area contributed by atoms with E-state index >= 15 is 0 Å². The molecule has 6 heteroatoms. The van der Waals surface area contributed by atoms with Gasteiger partial charge in [-0.2, -0.15) is 13.2 Å². The molecule has 0 spiro atoms. The largest absolute Gasteiger partial charge is 0.465 e. The van der Waals surface area contributed by atoms with Crippen molar-refractivity contribution >= 4 is 5.78 Å². The molecule has 1 aromatic heterocycles. The zero-order valence-corrected chi connectivity index (χ0v) is 7.22. The van der Waals surface area contributed by atoms with Crippen LogP contribution >= 0.6 is 0 Å². The molecule has 0 saturated heterocycles. The van der Waals surface area contributed by atoms with Crippen molar-refractivity contribution in [3.8, 4) is 5.95 Å². The quantitative estimate of drug-likeness (QED) is 0.716. The molecule has 0 amide bonds. The first-order valence-electron chi connectivity index (χ1n) is 3.78. The van der Waals surface area contributed by atoms with Crippen LogP contribution in [-0.2, 0) is 0 Å². The first-order valence-corrected chi connectivity index (χ1v) is 3.78. The minimum absolute atomic E-state index is 0.131. The molecule has 0 fully saturated rings. The number of hydrogen-bond donors (Lipinski definition) is 0. The van der Waals surface area contributed by atoms with Gasteiger partial charge in [0.15, 0.2) is 0 Å². The Balaban J connectivity index is 2.95. The average Bonchev–Trinajstić information content (AvgIpc) is 2.50. The Kier molecular flexibility index (Phi) is 2.83. The van der Waals surface area contributed by atoms with Crippen LogP contribution in [0.4, 0.5) is 13.2 Å². The topological polar surface area (TPSA) is 39.4 Å². The Bertz CT molecular complexity index is 327. The second-order valence-corrected chi connectivity index (χ2v) is 2.38. The normalized spacial score (nSPS) is 11.4. The summed E-state index contributed by atoms with van der Waals surface area (Å²) in [6.45, 7) is 1.70. The number of alkyl halides is 3. The van der Waals surface area contributed by atoms with Crippen LogP contribution < -0.4 is 4.74 Å². The monoisotopic (exact) mass is 208 g/mol. The van der Waals surface area contributed by atoms with Crippen LogP contribution in [0.15, 0.2) is 16.7 Å². The second kappa shape index (κ2) is 3.73. The number of hydrogen-bond acceptors (Lipinski definition) is 3. The second-order valence-electron chi connectivity index (χ2n) is 2.38. The Morgan fingerprint density at radius 2 is 2.21 bits per heavy atom. The summed E-state index contributed by atoms with van der Waals surface area (Å²) in [5, 5.41) is 0. The highest BCUT2D eigenvalue weighted by Crippen LogP contribution is 2.28. The van der Waals surface area contributed by atoms with E-state index in [1.807, 2.05) is 0 Å². The summed E-state index contributed by atoms with van der Waals surface area (Å²) in [7, 11) is 0. The van der Waals surface area contributed by atoms with Crippen LogP contribution in [-0.4, -0.2) is 18.6 Å². The Hall–Kier alpha value is -1.46. The molecule has 0 bridgehead atoms. The van der Waals surface area contributed by atoms with Crippen molar-refractivity contribution in [2.45, 2.75) is 13.1 Å². The van der Waals surface area contributed by atoms with Crippen molar-refractivity contribution in [3.05, 3.63) is 17.9 Å². The maximum absolute atomic E-state index is 12.0. The molecule has 1 heterocycles. The molecular formula is C8H7F3O3. The lowest BCUT2D eigenvalue weighted by Gasteiger charge is -2.04. The number of ketones is 1.